The summed E-state index contributed by atoms with van der Waals surface area (Å²) in [6.45, 7) is 5.67. The number of hydrogen-bond acceptors (Lipinski definition) is 6. The molecule has 2 aromatic carbocycles. The summed E-state index contributed by atoms with van der Waals surface area (Å²) in [7, 11) is 0. The van der Waals surface area contributed by atoms with Crippen molar-refractivity contribution in [3.63, 3.8) is 0 Å². The summed E-state index contributed by atoms with van der Waals surface area (Å²) >= 11 is 0. The molecule has 0 fully saturated rings. The molecule has 8 nitrogen and oxygen atoms in total. The molecule has 35 heavy (non-hydrogen) atoms. The van der Waals surface area contributed by atoms with Crippen molar-refractivity contribution in [1.82, 2.24) is 20.7 Å². The summed E-state index contributed by atoms with van der Waals surface area (Å²) < 4.78 is 5.46. The Hall–Kier alpha value is -3.52. The number of carbonyl (C=O) groups excluding carboxylic acids is 2. The summed E-state index contributed by atoms with van der Waals surface area (Å²) in [4.78, 5) is 25.6. The van der Waals surface area contributed by atoms with Crippen LogP contribution in [-0.2, 0) is 16.0 Å². The van der Waals surface area contributed by atoms with Crippen molar-refractivity contribution in [2.24, 2.45) is 11.3 Å². The first-order valence-electron chi connectivity index (χ1n) is 11.9. The summed E-state index contributed by atoms with van der Waals surface area (Å²) in [6.07, 6.45) is 2.75. The number of H-pyrrole nitrogens is 1. The van der Waals surface area contributed by atoms with Gasteiger partial charge < -0.3 is 15.2 Å². The first kappa shape index (κ1) is 26.1. The third-order valence-corrected chi connectivity index (χ3v) is 5.99. The van der Waals surface area contributed by atoms with Crippen molar-refractivity contribution in [3.8, 4) is 11.1 Å². The number of rotatable bonds is 12. The van der Waals surface area contributed by atoms with Gasteiger partial charge in [0.15, 0.2) is 5.69 Å². The van der Waals surface area contributed by atoms with Gasteiger partial charge in [-0.1, -0.05) is 68.4 Å². The maximum atomic E-state index is 12.9. The zero-order valence-corrected chi connectivity index (χ0v) is 20.5. The molecule has 0 saturated heterocycles. The molecule has 0 aliphatic heterocycles. The predicted molar refractivity (Wildman–Crippen MR) is 133 cm³/mol. The zero-order valence-electron chi connectivity index (χ0n) is 20.5. The van der Waals surface area contributed by atoms with Gasteiger partial charge in [-0.15, -0.1) is 0 Å². The highest BCUT2D eigenvalue weighted by molar-refractivity contribution is 5.92. The molecule has 0 aliphatic rings. The number of hydrogen-bond donors (Lipinski definition) is 3. The van der Waals surface area contributed by atoms with Gasteiger partial charge in [0.1, 0.15) is 0 Å². The topological polar surface area (TPSA) is 117 Å². The molecule has 0 bridgehead atoms. The fourth-order valence-corrected chi connectivity index (χ4v) is 3.81. The lowest BCUT2D eigenvalue weighted by Crippen LogP contribution is -2.45. The van der Waals surface area contributed by atoms with Crippen molar-refractivity contribution in [2.45, 2.75) is 46.1 Å². The number of carbonyl (C=O) groups is 2. The monoisotopic (exact) mass is 478 g/mol. The number of amides is 1. The van der Waals surface area contributed by atoms with E-state index in [4.69, 9.17) is 4.74 Å². The van der Waals surface area contributed by atoms with Crippen LogP contribution in [0.5, 0.6) is 0 Å². The summed E-state index contributed by atoms with van der Waals surface area (Å²) in [5.41, 5.74) is 2.18. The van der Waals surface area contributed by atoms with Crippen molar-refractivity contribution < 1.29 is 19.4 Å². The van der Waals surface area contributed by atoms with E-state index in [1.54, 1.807) is 6.92 Å². The van der Waals surface area contributed by atoms with Crippen LogP contribution in [0.3, 0.4) is 0 Å². The Balaban J connectivity index is 1.76. The molecule has 1 heterocycles. The molecule has 3 aromatic rings. The normalized spacial score (nSPS) is 13.7. The second kappa shape index (κ2) is 12.3. The molecule has 3 N–H and O–H groups in total. The highest BCUT2D eigenvalue weighted by Crippen LogP contribution is 2.27. The molecule has 186 valence electrons. The Bertz CT molecular complexity index is 1070. The summed E-state index contributed by atoms with van der Waals surface area (Å²) in [5, 5.41) is 23.0. The minimum atomic E-state index is -1.16. The second-order valence-corrected chi connectivity index (χ2v) is 9.53. The maximum absolute atomic E-state index is 12.9. The van der Waals surface area contributed by atoms with Crippen LogP contribution in [0.15, 0.2) is 60.8 Å². The van der Waals surface area contributed by atoms with Crippen LogP contribution < -0.4 is 5.32 Å². The molecule has 0 aliphatic carbocycles. The van der Waals surface area contributed by atoms with Gasteiger partial charge in [-0.2, -0.15) is 15.4 Å². The lowest BCUT2D eigenvalue weighted by Gasteiger charge is -2.30. The average molecular weight is 479 g/mol. The number of aromatic nitrogens is 3. The van der Waals surface area contributed by atoms with Crippen LogP contribution in [0, 0.1) is 11.3 Å². The van der Waals surface area contributed by atoms with E-state index in [0.717, 1.165) is 23.1 Å². The standard InChI is InChI=1S/C27H34N4O4/c1-19(2)13-14-35-26(34)27(3,18-32)16-23(29-25(33)24-17-28-31-30-24)15-20-9-11-22(12-10-20)21-7-5-4-6-8-21/h4-12,17,19,23,32H,13-16,18H2,1-3H3,(H,29,33)(H,28,30,31). The van der Waals surface area contributed by atoms with E-state index in [2.05, 4.69) is 34.6 Å². The molecule has 0 radical (unpaired) electrons. The van der Waals surface area contributed by atoms with E-state index in [-0.39, 0.29) is 12.1 Å². The number of aliphatic hydroxyl groups excluding tert-OH is 1. The third-order valence-electron chi connectivity index (χ3n) is 5.99. The Morgan fingerprint density at radius 1 is 1.09 bits per heavy atom. The van der Waals surface area contributed by atoms with Gasteiger partial charge in [0.2, 0.25) is 0 Å². The van der Waals surface area contributed by atoms with Crippen molar-refractivity contribution in [3.05, 3.63) is 72.1 Å². The second-order valence-electron chi connectivity index (χ2n) is 9.53. The van der Waals surface area contributed by atoms with Gasteiger partial charge >= 0.3 is 5.97 Å². The van der Waals surface area contributed by atoms with Crippen LogP contribution in [0.2, 0.25) is 0 Å². The number of aromatic amines is 1. The molecule has 1 aromatic heterocycles. The number of aliphatic hydroxyl groups is 1. The van der Waals surface area contributed by atoms with E-state index >= 15 is 0 Å². The highest BCUT2D eigenvalue weighted by atomic mass is 16.5. The average Bonchev–Trinajstić information content (AvgIpc) is 3.40. The largest absolute Gasteiger partial charge is 0.465 e. The van der Waals surface area contributed by atoms with E-state index in [9.17, 15) is 14.7 Å². The molecule has 1 amide bonds. The predicted octanol–water partition coefficient (Wildman–Crippen LogP) is 3.79. The number of esters is 1. The fraction of sp³-hybridized carbons (Fsp3) is 0.407. The molecular weight excluding hydrogens is 444 g/mol. The summed E-state index contributed by atoms with van der Waals surface area (Å²) in [6, 6.07) is 17.7. The molecule has 2 unspecified atom stereocenters. The molecule has 0 spiro atoms. The number of benzene rings is 2. The minimum absolute atomic E-state index is 0.152. The number of nitrogens with zero attached hydrogens (tertiary/aromatic N) is 2. The van der Waals surface area contributed by atoms with Crippen molar-refractivity contribution >= 4 is 11.9 Å². The molecular formula is C27H34N4O4. The van der Waals surface area contributed by atoms with Crippen molar-refractivity contribution in [1.29, 1.82) is 0 Å². The Morgan fingerprint density at radius 2 is 1.77 bits per heavy atom. The molecule has 8 heteroatoms. The molecule has 3 rings (SSSR count). The van der Waals surface area contributed by atoms with Crippen LogP contribution in [0.4, 0.5) is 0 Å². The van der Waals surface area contributed by atoms with E-state index in [0.29, 0.717) is 18.9 Å². The van der Waals surface area contributed by atoms with Gasteiger partial charge in [-0.25, -0.2) is 0 Å². The van der Waals surface area contributed by atoms with Crippen molar-refractivity contribution in [2.75, 3.05) is 13.2 Å². The van der Waals surface area contributed by atoms with Gasteiger partial charge in [0.25, 0.3) is 5.91 Å². The Labute approximate surface area is 206 Å². The third kappa shape index (κ3) is 7.48. The van der Waals surface area contributed by atoms with E-state index in [1.165, 1.54) is 6.20 Å². The van der Waals surface area contributed by atoms with Gasteiger partial charge in [-0.05, 0) is 48.8 Å². The maximum Gasteiger partial charge on any atom is 0.314 e. The number of nitrogens with one attached hydrogen (secondary N) is 2. The minimum Gasteiger partial charge on any atom is -0.465 e. The van der Waals surface area contributed by atoms with Crippen LogP contribution in [0.1, 0.15) is 49.7 Å². The van der Waals surface area contributed by atoms with E-state index in [1.807, 2.05) is 54.6 Å². The van der Waals surface area contributed by atoms with Gasteiger partial charge in [0.05, 0.1) is 24.8 Å². The van der Waals surface area contributed by atoms with E-state index < -0.39 is 29.9 Å². The van der Waals surface area contributed by atoms with Gasteiger partial charge in [-0.3, -0.25) is 9.59 Å². The molecule has 2 atom stereocenters. The first-order valence-corrected chi connectivity index (χ1v) is 11.9. The Kier molecular flexibility index (Phi) is 9.14. The summed E-state index contributed by atoms with van der Waals surface area (Å²) in [5.74, 6) is -0.476. The zero-order chi connectivity index (χ0) is 25.3. The Morgan fingerprint density at radius 3 is 2.37 bits per heavy atom. The number of ether oxygens (including phenoxy) is 1. The molecule has 0 saturated carbocycles. The highest BCUT2D eigenvalue weighted by Gasteiger charge is 2.37. The lowest BCUT2D eigenvalue weighted by atomic mass is 9.82. The van der Waals surface area contributed by atoms with Crippen LogP contribution in [0.25, 0.3) is 11.1 Å². The quantitative estimate of drug-likeness (QED) is 0.341. The first-order chi connectivity index (χ1) is 16.8. The van der Waals surface area contributed by atoms with Gasteiger partial charge in [0, 0.05) is 6.04 Å². The smallest absolute Gasteiger partial charge is 0.314 e. The fourth-order valence-electron chi connectivity index (χ4n) is 3.81. The SMILES string of the molecule is CC(C)CCOC(=O)C(C)(CO)CC(Cc1ccc(-c2ccccc2)cc1)NC(=O)c1cn[nH]n1. The van der Waals surface area contributed by atoms with Crippen LogP contribution in [-0.4, -0.2) is 51.6 Å². The van der Waals surface area contributed by atoms with Crippen LogP contribution >= 0.6 is 0 Å². The lowest BCUT2D eigenvalue weighted by molar-refractivity contribution is -0.158.